The van der Waals surface area contributed by atoms with Gasteiger partial charge in [-0.2, -0.15) is 0 Å². The molecule has 4 N–H and O–H groups in total. The molecule has 0 bridgehead atoms. The van der Waals surface area contributed by atoms with Crippen molar-refractivity contribution in [3.05, 3.63) is 0 Å². The first kappa shape index (κ1) is 7.51. The third-order valence-electron chi connectivity index (χ3n) is 1.60. The Morgan fingerprint density at radius 3 is 3.08 bits per heavy atom. The number of hydrogen-bond donors (Lipinski definition) is 4. The van der Waals surface area contributed by atoms with Crippen molar-refractivity contribution >= 4 is 29.2 Å². The van der Waals surface area contributed by atoms with Crippen molar-refractivity contribution in [1.29, 1.82) is 5.41 Å². The van der Waals surface area contributed by atoms with Crippen LogP contribution in [0.1, 0.15) is 0 Å². The topological polar surface area (TPSA) is 89.4 Å². The lowest BCUT2D eigenvalue weighted by molar-refractivity contribution is 0.242. The van der Waals surface area contributed by atoms with Gasteiger partial charge in [0.1, 0.15) is 11.9 Å². The molecule has 2 rings (SSSR count). The van der Waals surface area contributed by atoms with E-state index in [0.29, 0.717) is 5.71 Å². The lowest BCUT2D eigenvalue weighted by atomic mass is 10.2. The zero-order valence-electron chi connectivity index (χ0n) is 5.89. The first-order valence-corrected chi connectivity index (χ1v) is 3.75. The van der Waals surface area contributed by atoms with Gasteiger partial charge in [-0.1, -0.05) is 11.6 Å². The molecule has 2 unspecified atom stereocenters. The summed E-state index contributed by atoms with van der Waals surface area (Å²) < 4.78 is 0. The average molecular weight is 188 g/mol. The number of amidine groups is 1. The highest BCUT2D eigenvalue weighted by Gasteiger charge is 2.34. The summed E-state index contributed by atoms with van der Waals surface area (Å²) in [6, 6.07) is -0.415. The van der Waals surface area contributed by atoms with Crippen LogP contribution in [-0.4, -0.2) is 29.4 Å². The SMILES string of the molecule is N=C1NC(=O)NC2NC(Cl)N=C12. The summed E-state index contributed by atoms with van der Waals surface area (Å²) in [7, 11) is 0. The van der Waals surface area contributed by atoms with Gasteiger partial charge in [0, 0.05) is 0 Å². The van der Waals surface area contributed by atoms with Crippen molar-refractivity contribution in [2.24, 2.45) is 4.99 Å². The second-order valence-corrected chi connectivity index (χ2v) is 2.84. The van der Waals surface area contributed by atoms with Gasteiger partial charge in [0.05, 0.1) is 0 Å². The number of amides is 2. The van der Waals surface area contributed by atoms with Gasteiger partial charge in [-0.15, -0.1) is 0 Å². The number of rotatable bonds is 0. The van der Waals surface area contributed by atoms with E-state index in [2.05, 4.69) is 20.9 Å². The molecule has 2 atom stereocenters. The van der Waals surface area contributed by atoms with Gasteiger partial charge < -0.3 is 5.32 Å². The highest BCUT2D eigenvalue weighted by molar-refractivity contribution is 6.47. The minimum atomic E-state index is -0.564. The van der Waals surface area contributed by atoms with E-state index in [1.54, 1.807) is 0 Å². The minimum Gasteiger partial charge on any atom is -0.317 e. The Kier molecular flexibility index (Phi) is 1.52. The first-order valence-electron chi connectivity index (χ1n) is 3.31. The van der Waals surface area contributed by atoms with Gasteiger partial charge in [-0.3, -0.25) is 16.0 Å². The fourth-order valence-electron chi connectivity index (χ4n) is 1.11. The Morgan fingerprint density at radius 1 is 1.58 bits per heavy atom. The van der Waals surface area contributed by atoms with E-state index in [1.165, 1.54) is 0 Å². The summed E-state index contributed by atoms with van der Waals surface area (Å²) in [5.74, 6) is -0.000556. The molecule has 2 aliphatic heterocycles. The van der Waals surface area contributed by atoms with E-state index in [0.717, 1.165) is 0 Å². The Balaban J connectivity index is 2.26. The Labute approximate surface area is 72.9 Å². The van der Waals surface area contributed by atoms with E-state index in [9.17, 15) is 4.79 Å². The smallest absolute Gasteiger partial charge is 0.317 e. The molecule has 0 aromatic rings. The predicted molar refractivity (Wildman–Crippen MR) is 43.4 cm³/mol. The molecule has 2 aliphatic rings. The number of urea groups is 1. The van der Waals surface area contributed by atoms with Gasteiger partial charge in [0.2, 0.25) is 0 Å². The summed E-state index contributed by atoms with van der Waals surface area (Å²) >= 11 is 5.63. The quantitative estimate of drug-likeness (QED) is 0.295. The van der Waals surface area contributed by atoms with Crippen LogP contribution >= 0.6 is 11.6 Å². The molecule has 0 saturated carbocycles. The van der Waals surface area contributed by atoms with E-state index in [4.69, 9.17) is 17.0 Å². The van der Waals surface area contributed by atoms with E-state index >= 15 is 0 Å². The van der Waals surface area contributed by atoms with Crippen molar-refractivity contribution in [2.75, 3.05) is 0 Å². The number of fused-ring (bicyclic) bond motifs is 1. The molecule has 2 amide bonds. The number of nitrogens with one attached hydrogen (secondary N) is 4. The van der Waals surface area contributed by atoms with Crippen LogP contribution in [0.25, 0.3) is 0 Å². The van der Waals surface area contributed by atoms with Crippen LogP contribution in [0.3, 0.4) is 0 Å². The number of alkyl halides is 1. The Morgan fingerprint density at radius 2 is 2.33 bits per heavy atom. The van der Waals surface area contributed by atoms with Crippen molar-refractivity contribution in [3.8, 4) is 0 Å². The van der Waals surface area contributed by atoms with Crippen molar-refractivity contribution in [1.82, 2.24) is 16.0 Å². The van der Waals surface area contributed by atoms with Crippen LogP contribution in [0.5, 0.6) is 0 Å². The normalized spacial score (nSPS) is 33.6. The molecule has 0 spiro atoms. The Bertz CT molecular complexity index is 288. The summed E-state index contributed by atoms with van der Waals surface area (Å²) in [5, 5.41) is 14.9. The standard InChI is InChI=1S/C5H6ClN5O/c6-4-8-1-2(7)9-5(12)11-3(1)10-4/h3-4,10H,(H3,7,9,11,12). The van der Waals surface area contributed by atoms with Crippen LogP contribution in [-0.2, 0) is 0 Å². The second kappa shape index (κ2) is 2.43. The van der Waals surface area contributed by atoms with E-state index in [1.807, 2.05) is 0 Å². The maximum Gasteiger partial charge on any atom is 0.321 e. The maximum atomic E-state index is 10.8. The largest absolute Gasteiger partial charge is 0.321 e. The van der Waals surface area contributed by atoms with E-state index < -0.39 is 17.8 Å². The summed E-state index contributed by atoms with van der Waals surface area (Å²) in [6.45, 7) is 0. The molecule has 0 radical (unpaired) electrons. The molecule has 7 heteroatoms. The van der Waals surface area contributed by atoms with Crippen LogP contribution in [0.4, 0.5) is 4.79 Å². The van der Waals surface area contributed by atoms with Gasteiger partial charge in [-0.05, 0) is 0 Å². The lowest BCUT2D eigenvalue weighted by Gasteiger charge is -2.21. The maximum absolute atomic E-state index is 10.8. The molecule has 0 aliphatic carbocycles. The summed E-state index contributed by atoms with van der Waals surface area (Å²) in [6.07, 6.45) is -0.422. The molecule has 2 heterocycles. The average Bonchev–Trinajstić information content (AvgIpc) is 2.29. The monoisotopic (exact) mass is 187 g/mol. The number of carbonyl (C=O) groups is 1. The number of hydrogen-bond acceptors (Lipinski definition) is 4. The molecular weight excluding hydrogens is 182 g/mol. The van der Waals surface area contributed by atoms with Gasteiger partial charge in [0.25, 0.3) is 0 Å². The third-order valence-corrected chi connectivity index (χ3v) is 1.82. The fraction of sp³-hybridized carbons (Fsp3) is 0.400. The molecule has 12 heavy (non-hydrogen) atoms. The molecular formula is C5H6ClN5O. The zero-order valence-corrected chi connectivity index (χ0v) is 6.64. The second-order valence-electron chi connectivity index (χ2n) is 2.42. The van der Waals surface area contributed by atoms with E-state index in [-0.39, 0.29) is 5.84 Å². The third kappa shape index (κ3) is 1.05. The van der Waals surface area contributed by atoms with Crippen LogP contribution in [0, 0.1) is 5.41 Å². The van der Waals surface area contributed by atoms with Crippen LogP contribution in [0.15, 0.2) is 4.99 Å². The first-order chi connectivity index (χ1) is 5.66. The number of aliphatic imine (C=N–C) groups is 1. The number of halogens is 1. The molecule has 64 valence electrons. The van der Waals surface area contributed by atoms with Crippen LogP contribution in [0.2, 0.25) is 0 Å². The van der Waals surface area contributed by atoms with Gasteiger partial charge in [0.15, 0.2) is 11.5 Å². The Hall–Kier alpha value is -1.14. The van der Waals surface area contributed by atoms with Crippen molar-refractivity contribution in [3.63, 3.8) is 0 Å². The lowest BCUT2D eigenvalue weighted by Crippen LogP contribution is -2.61. The summed E-state index contributed by atoms with van der Waals surface area (Å²) in [5.41, 5.74) is -0.125. The molecule has 0 aromatic heterocycles. The molecule has 1 fully saturated rings. The summed E-state index contributed by atoms with van der Waals surface area (Å²) in [4.78, 5) is 14.7. The van der Waals surface area contributed by atoms with Crippen molar-refractivity contribution in [2.45, 2.75) is 11.8 Å². The van der Waals surface area contributed by atoms with Gasteiger partial charge >= 0.3 is 6.03 Å². The zero-order chi connectivity index (χ0) is 8.72. The minimum absolute atomic E-state index is 0.000556. The van der Waals surface area contributed by atoms with Crippen LogP contribution < -0.4 is 16.0 Å². The fourth-order valence-corrected chi connectivity index (χ4v) is 1.35. The van der Waals surface area contributed by atoms with Crippen molar-refractivity contribution < 1.29 is 4.79 Å². The molecule has 6 nitrogen and oxygen atoms in total. The van der Waals surface area contributed by atoms with Gasteiger partial charge in [-0.25, -0.2) is 9.79 Å². The molecule has 1 saturated heterocycles. The number of nitrogens with zero attached hydrogens (tertiary/aromatic N) is 1. The predicted octanol–water partition coefficient (Wildman–Crippen LogP) is -0.831. The number of carbonyl (C=O) groups excluding carboxylic acids is 1. The highest BCUT2D eigenvalue weighted by atomic mass is 35.5. The molecule has 0 aromatic carbocycles. The highest BCUT2D eigenvalue weighted by Crippen LogP contribution is 2.08.